The van der Waals surface area contributed by atoms with Crippen molar-refractivity contribution in [2.75, 3.05) is 12.4 Å². The molecule has 0 saturated heterocycles. The van der Waals surface area contributed by atoms with E-state index in [0.717, 1.165) is 35.0 Å². The third-order valence-electron chi connectivity index (χ3n) is 2.91. The van der Waals surface area contributed by atoms with E-state index in [2.05, 4.69) is 28.2 Å². The highest BCUT2D eigenvalue weighted by atomic mass is 79.9. The average molecular weight is 349 g/mol. The highest BCUT2D eigenvalue weighted by Crippen LogP contribution is 2.30. The van der Waals surface area contributed by atoms with E-state index in [4.69, 9.17) is 16.3 Å². The quantitative estimate of drug-likeness (QED) is 0.766. The van der Waals surface area contributed by atoms with Crippen molar-refractivity contribution in [3.8, 4) is 0 Å². The van der Waals surface area contributed by atoms with Crippen LogP contribution >= 0.6 is 27.5 Å². The molecule has 0 fully saturated rings. The molecule has 3 nitrogen and oxygen atoms in total. The molecule has 0 aliphatic rings. The van der Waals surface area contributed by atoms with Gasteiger partial charge in [0.05, 0.1) is 12.8 Å². The summed E-state index contributed by atoms with van der Waals surface area (Å²) < 4.78 is 5.71. The highest BCUT2D eigenvalue weighted by molar-refractivity contribution is 9.10. The fraction of sp³-hybridized carbons (Fsp3) is 0.500. The first-order valence-electron chi connectivity index (χ1n) is 6.29. The molecular formula is C14H19BrClNO2. The lowest BCUT2D eigenvalue weighted by Crippen LogP contribution is -2.30. The molecule has 0 heterocycles. The van der Waals surface area contributed by atoms with Crippen LogP contribution in [0.1, 0.15) is 31.7 Å². The van der Waals surface area contributed by atoms with Crippen LogP contribution in [0.3, 0.4) is 0 Å². The van der Waals surface area contributed by atoms with E-state index in [1.54, 1.807) is 0 Å². The predicted molar refractivity (Wildman–Crippen MR) is 82.8 cm³/mol. The van der Waals surface area contributed by atoms with Crippen molar-refractivity contribution in [2.24, 2.45) is 0 Å². The molecule has 19 heavy (non-hydrogen) atoms. The largest absolute Gasteiger partial charge is 0.467 e. The summed E-state index contributed by atoms with van der Waals surface area (Å²) in [5, 5.41) is 3.87. The van der Waals surface area contributed by atoms with Crippen molar-refractivity contribution < 1.29 is 9.53 Å². The van der Waals surface area contributed by atoms with Crippen LogP contribution in [0.15, 0.2) is 16.6 Å². The molecule has 0 aliphatic carbocycles. The van der Waals surface area contributed by atoms with Gasteiger partial charge in [-0.1, -0.05) is 31.4 Å². The zero-order chi connectivity index (χ0) is 14.4. The Morgan fingerprint density at radius 2 is 2.21 bits per heavy atom. The van der Waals surface area contributed by atoms with Gasteiger partial charge in [-0.15, -0.1) is 0 Å². The smallest absolute Gasteiger partial charge is 0.328 e. The molecule has 1 rings (SSSR count). The van der Waals surface area contributed by atoms with Gasteiger partial charge in [-0.25, -0.2) is 4.79 Å². The first-order valence-corrected chi connectivity index (χ1v) is 7.46. The van der Waals surface area contributed by atoms with Crippen molar-refractivity contribution in [1.82, 2.24) is 0 Å². The van der Waals surface area contributed by atoms with Gasteiger partial charge in [0.2, 0.25) is 0 Å². The Bertz CT molecular complexity index is 451. The summed E-state index contributed by atoms with van der Waals surface area (Å²) in [4.78, 5) is 11.8. The van der Waals surface area contributed by atoms with Crippen LogP contribution in [0.2, 0.25) is 5.02 Å². The number of hydrogen-bond donors (Lipinski definition) is 1. The summed E-state index contributed by atoms with van der Waals surface area (Å²) in [5.74, 6) is -0.253. The van der Waals surface area contributed by atoms with Crippen molar-refractivity contribution in [1.29, 1.82) is 0 Å². The number of methoxy groups -OCH3 is 1. The predicted octanol–water partition coefficient (Wildman–Crippen LogP) is 4.55. The lowest BCUT2D eigenvalue weighted by Gasteiger charge is -2.19. The van der Waals surface area contributed by atoms with E-state index in [9.17, 15) is 4.79 Å². The van der Waals surface area contributed by atoms with Crippen molar-refractivity contribution in [3.63, 3.8) is 0 Å². The number of anilines is 1. The molecule has 1 aromatic carbocycles. The lowest BCUT2D eigenvalue weighted by atomic mass is 10.1. The Balaban J connectivity index is 2.89. The van der Waals surface area contributed by atoms with Crippen LogP contribution in [0, 0.1) is 6.92 Å². The van der Waals surface area contributed by atoms with Crippen LogP contribution < -0.4 is 5.32 Å². The SMILES string of the molecule is CCCCC(Nc1cc(Cl)c(C)cc1Br)C(=O)OC. The molecule has 1 atom stereocenters. The Morgan fingerprint density at radius 1 is 1.53 bits per heavy atom. The Hall–Kier alpha value is -0.740. The number of ether oxygens (including phenoxy) is 1. The maximum Gasteiger partial charge on any atom is 0.328 e. The fourth-order valence-electron chi connectivity index (χ4n) is 1.74. The summed E-state index contributed by atoms with van der Waals surface area (Å²) in [6, 6.07) is 3.40. The van der Waals surface area contributed by atoms with Gasteiger partial charge in [-0.05, 0) is 47.0 Å². The van der Waals surface area contributed by atoms with E-state index >= 15 is 0 Å². The van der Waals surface area contributed by atoms with Gasteiger partial charge in [-0.3, -0.25) is 0 Å². The first kappa shape index (κ1) is 16.3. The molecule has 106 valence electrons. The molecule has 5 heteroatoms. The summed E-state index contributed by atoms with van der Waals surface area (Å²) in [7, 11) is 1.40. The highest BCUT2D eigenvalue weighted by Gasteiger charge is 2.19. The molecule has 0 bridgehead atoms. The maximum absolute atomic E-state index is 11.8. The second-order valence-corrected chi connectivity index (χ2v) is 5.71. The summed E-state index contributed by atoms with van der Waals surface area (Å²) in [5.41, 5.74) is 1.80. The van der Waals surface area contributed by atoms with Gasteiger partial charge >= 0.3 is 5.97 Å². The zero-order valence-electron chi connectivity index (χ0n) is 11.4. The zero-order valence-corrected chi connectivity index (χ0v) is 13.8. The average Bonchev–Trinajstić information content (AvgIpc) is 2.39. The molecule has 0 spiro atoms. The summed E-state index contributed by atoms with van der Waals surface area (Å²) >= 11 is 9.59. The van der Waals surface area contributed by atoms with E-state index in [1.165, 1.54) is 7.11 Å². The molecule has 0 aliphatic heterocycles. The fourth-order valence-corrected chi connectivity index (χ4v) is 2.48. The number of benzene rings is 1. The van der Waals surface area contributed by atoms with Crippen LogP contribution in [-0.2, 0) is 9.53 Å². The lowest BCUT2D eigenvalue weighted by molar-refractivity contribution is -0.141. The molecule has 0 amide bonds. The van der Waals surface area contributed by atoms with Crippen LogP contribution in [0.25, 0.3) is 0 Å². The summed E-state index contributed by atoms with van der Waals surface area (Å²) in [6.45, 7) is 4.03. The number of hydrogen-bond acceptors (Lipinski definition) is 3. The third kappa shape index (κ3) is 4.69. The minimum Gasteiger partial charge on any atom is -0.467 e. The second kappa shape index (κ2) is 7.75. The van der Waals surface area contributed by atoms with Crippen LogP contribution in [0.4, 0.5) is 5.69 Å². The number of aryl methyl sites for hydroxylation is 1. The van der Waals surface area contributed by atoms with E-state index in [0.29, 0.717) is 5.02 Å². The third-order valence-corrected chi connectivity index (χ3v) is 3.97. The van der Waals surface area contributed by atoms with Crippen LogP contribution in [-0.4, -0.2) is 19.1 Å². The van der Waals surface area contributed by atoms with Crippen molar-refractivity contribution >= 4 is 39.2 Å². The van der Waals surface area contributed by atoms with E-state index in [-0.39, 0.29) is 12.0 Å². The summed E-state index contributed by atoms with van der Waals surface area (Å²) in [6.07, 6.45) is 2.73. The Labute approximate surface area is 127 Å². The van der Waals surface area contributed by atoms with Crippen molar-refractivity contribution in [3.05, 3.63) is 27.2 Å². The van der Waals surface area contributed by atoms with Crippen molar-refractivity contribution in [2.45, 2.75) is 39.2 Å². The van der Waals surface area contributed by atoms with Gasteiger partial charge in [-0.2, -0.15) is 0 Å². The number of carbonyl (C=O) groups excluding carboxylic acids is 1. The number of nitrogens with one attached hydrogen (secondary N) is 1. The molecule has 1 aromatic rings. The molecule has 0 saturated carbocycles. The van der Waals surface area contributed by atoms with Crippen LogP contribution in [0.5, 0.6) is 0 Å². The minimum atomic E-state index is -0.347. The topological polar surface area (TPSA) is 38.3 Å². The Kier molecular flexibility index (Phi) is 6.66. The van der Waals surface area contributed by atoms with E-state index < -0.39 is 0 Å². The minimum absolute atomic E-state index is 0.253. The van der Waals surface area contributed by atoms with Gasteiger partial charge in [0, 0.05) is 9.50 Å². The van der Waals surface area contributed by atoms with Gasteiger partial charge in [0.1, 0.15) is 6.04 Å². The van der Waals surface area contributed by atoms with Gasteiger partial charge < -0.3 is 10.1 Å². The monoisotopic (exact) mass is 347 g/mol. The molecular weight excluding hydrogens is 330 g/mol. The number of carbonyl (C=O) groups is 1. The number of rotatable bonds is 6. The molecule has 1 unspecified atom stereocenters. The second-order valence-electron chi connectivity index (χ2n) is 4.44. The van der Waals surface area contributed by atoms with Gasteiger partial charge in [0.25, 0.3) is 0 Å². The Morgan fingerprint density at radius 3 is 2.79 bits per heavy atom. The number of halogens is 2. The first-order chi connectivity index (χ1) is 8.99. The maximum atomic E-state index is 11.8. The van der Waals surface area contributed by atoms with E-state index in [1.807, 2.05) is 19.1 Å². The normalized spacial score (nSPS) is 12.1. The number of esters is 1. The molecule has 1 N–H and O–H groups in total. The standard InChI is InChI=1S/C14H19BrClNO2/c1-4-5-6-12(14(18)19-3)17-13-8-11(16)9(2)7-10(13)15/h7-8,12,17H,4-6H2,1-3H3. The number of unbranched alkanes of at least 4 members (excludes halogenated alkanes) is 1. The molecule has 0 aromatic heterocycles. The van der Waals surface area contributed by atoms with Gasteiger partial charge in [0.15, 0.2) is 0 Å². The molecule has 0 radical (unpaired) electrons.